The first-order valence-corrected chi connectivity index (χ1v) is 15.1. The maximum absolute atomic E-state index is 13.5. The van der Waals surface area contributed by atoms with Gasteiger partial charge in [0.05, 0.1) is 32.1 Å². The van der Waals surface area contributed by atoms with Crippen LogP contribution in [0.15, 0.2) is 43.0 Å². The predicted octanol–water partition coefficient (Wildman–Crippen LogP) is 6.74. The second-order valence-electron chi connectivity index (χ2n) is 12.0. The number of anilines is 1. The lowest BCUT2D eigenvalue weighted by molar-refractivity contribution is -0.140. The minimum Gasteiger partial charge on any atom is -0.480 e. The van der Waals surface area contributed by atoms with Gasteiger partial charge in [-0.2, -0.15) is 13.2 Å². The molecule has 0 bridgehead atoms. The standard InChI is InChI=1S/C32H34F3N7O2/c1-18(2)42-15-25(32(33,34)35)39-29(42)22-10-6-20(7-11-22)24-16-44-13-12-41(24)30-23(19-4-5-19)14-36-28(40-30)26-27(21-8-9-21)37-17-38-31(26)43-3/h6-7,10-11,14-15,17-19,21,24H,4-5,8-9,12-13,16H2,1-3H3. The fourth-order valence-corrected chi connectivity index (χ4v) is 5.95. The fraction of sp³-hybridized carbons (Fsp3) is 0.469. The van der Waals surface area contributed by atoms with E-state index >= 15 is 0 Å². The van der Waals surface area contributed by atoms with Crippen LogP contribution in [0.1, 0.15) is 86.0 Å². The Morgan fingerprint density at radius 2 is 1.73 bits per heavy atom. The summed E-state index contributed by atoms with van der Waals surface area (Å²) in [6.45, 7) is 5.32. The molecule has 0 N–H and O–H groups in total. The van der Waals surface area contributed by atoms with Crippen molar-refractivity contribution < 1.29 is 22.6 Å². The lowest BCUT2D eigenvalue weighted by Crippen LogP contribution is -2.40. The van der Waals surface area contributed by atoms with Gasteiger partial charge in [-0.15, -0.1) is 0 Å². The van der Waals surface area contributed by atoms with E-state index in [9.17, 15) is 13.2 Å². The van der Waals surface area contributed by atoms with Crippen molar-refractivity contribution in [3.63, 3.8) is 0 Å². The van der Waals surface area contributed by atoms with Crippen molar-refractivity contribution >= 4 is 5.82 Å². The highest BCUT2D eigenvalue weighted by atomic mass is 19.4. The molecule has 1 aromatic carbocycles. The van der Waals surface area contributed by atoms with E-state index in [0.717, 1.165) is 60.1 Å². The number of hydrogen-bond acceptors (Lipinski definition) is 8. The Kier molecular flexibility index (Phi) is 7.26. The average molecular weight is 606 g/mol. The zero-order valence-corrected chi connectivity index (χ0v) is 24.9. The highest BCUT2D eigenvalue weighted by Crippen LogP contribution is 2.48. The van der Waals surface area contributed by atoms with E-state index in [-0.39, 0.29) is 17.9 Å². The first kappa shape index (κ1) is 28.7. The molecule has 3 aromatic heterocycles. The number of aromatic nitrogens is 6. The van der Waals surface area contributed by atoms with Gasteiger partial charge in [0.1, 0.15) is 23.5 Å². The molecule has 2 saturated carbocycles. The molecule has 0 amide bonds. The van der Waals surface area contributed by atoms with Crippen molar-refractivity contribution in [2.45, 2.75) is 69.6 Å². The van der Waals surface area contributed by atoms with E-state index < -0.39 is 11.9 Å². The highest BCUT2D eigenvalue weighted by Gasteiger charge is 2.37. The van der Waals surface area contributed by atoms with Gasteiger partial charge in [-0.05, 0) is 51.0 Å². The van der Waals surface area contributed by atoms with Crippen LogP contribution in [0.2, 0.25) is 0 Å². The van der Waals surface area contributed by atoms with Crippen LogP contribution in [0.5, 0.6) is 5.88 Å². The molecule has 230 valence electrons. The van der Waals surface area contributed by atoms with Gasteiger partial charge < -0.3 is 18.9 Å². The van der Waals surface area contributed by atoms with Crippen LogP contribution in [0, 0.1) is 0 Å². The number of ether oxygens (including phenoxy) is 2. The number of benzene rings is 1. The minimum absolute atomic E-state index is 0.148. The molecule has 1 unspecified atom stereocenters. The number of rotatable bonds is 8. The summed E-state index contributed by atoms with van der Waals surface area (Å²) in [5.74, 6) is 2.93. The van der Waals surface area contributed by atoms with Gasteiger partial charge >= 0.3 is 6.18 Å². The van der Waals surface area contributed by atoms with Crippen LogP contribution in [-0.2, 0) is 10.9 Å². The Balaban J connectivity index is 1.26. The van der Waals surface area contributed by atoms with Crippen LogP contribution >= 0.6 is 0 Å². The Morgan fingerprint density at radius 3 is 2.39 bits per heavy atom. The predicted molar refractivity (Wildman–Crippen MR) is 158 cm³/mol. The van der Waals surface area contributed by atoms with Gasteiger partial charge in [0, 0.05) is 42.0 Å². The number of halogens is 3. The first-order chi connectivity index (χ1) is 21.2. The summed E-state index contributed by atoms with van der Waals surface area (Å²) in [5, 5.41) is 0. The molecular weight excluding hydrogens is 571 g/mol. The molecule has 3 fully saturated rings. The van der Waals surface area contributed by atoms with Crippen molar-refractivity contribution in [3.8, 4) is 28.7 Å². The second kappa shape index (κ2) is 11.1. The van der Waals surface area contributed by atoms with E-state index in [1.807, 2.05) is 44.3 Å². The number of alkyl halides is 3. The van der Waals surface area contributed by atoms with Gasteiger partial charge in [0.2, 0.25) is 5.88 Å². The largest absolute Gasteiger partial charge is 0.480 e. The molecule has 9 nitrogen and oxygen atoms in total. The Labute approximate surface area is 253 Å². The minimum atomic E-state index is -4.51. The van der Waals surface area contributed by atoms with Crippen LogP contribution < -0.4 is 9.64 Å². The highest BCUT2D eigenvalue weighted by molar-refractivity contribution is 5.68. The molecule has 4 aromatic rings. The average Bonchev–Trinajstić information content (AvgIpc) is 3.97. The summed E-state index contributed by atoms with van der Waals surface area (Å²) >= 11 is 0. The number of imidazole rings is 1. The number of morpholine rings is 1. The van der Waals surface area contributed by atoms with Crippen LogP contribution in [0.4, 0.5) is 19.0 Å². The Bertz CT molecular complexity index is 1660. The number of methoxy groups -OCH3 is 1. The summed E-state index contributed by atoms with van der Waals surface area (Å²) in [4.78, 5) is 25.2. The zero-order valence-electron chi connectivity index (χ0n) is 24.9. The third kappa shape index (κ3) is 5.40. The number of hydrogen-bond donors (Lipinski definition) is 0. The summed E-state index contributed by atoms with van der Waals surface area (Å²) in [6, 6.07) is 7.25. The molecule has 1 aliphatic heterocycles. The summed E-state index contributed by atoms with van der Waals surface area (Å²) in [6.07, 6.45) is 4.36. The molecule has 44 heavy (non-hydrogen) atoms. The van der Waals surface area contributed by atoms with Gasteiger partial charge in [0.25, 0.3) is 0 Å². The van der Waals surface area contributed by atoms with Crippen LogP contribution in [0.25, 0.3) is 22.8 Å². The van der Waals surface area contributed by atoms with E-state index in [4.69, 9.17) is 19.4 Å². The van der Waals surface area contributed by atoms with E-state index in [0.29, 0.717) is 48.9 Å². The third-order valence-corrected chi connectivity index (χ3v) is 8.57. The summed E-state index contributed by atoms with van der Waals surface area (Å²) < 4.78 is 53.6. The van der Waals surface area contributed by atoms with Gasteiger partial charge in [-0.25, -0.2) is 24.9 Å². The van der Waals surface area contributed by atoms with Crippen molar-refractivity contribution in [1.29, 1.82) is 0 Å². The first-order valence-electron chi connectivity index (χ1n) is 15.1. The zero-order chi connectivity index (χ0) is 30.6. The molecular formula is C32H34F3N7O2. The molecule has 1 atom stereocenters. The third-order valence-electron chi connectivity index (χ3n) is 8.57. The van der Waals surface area contributed by atoms with Crippen molar-refractivity contribution in [1.82, 2.24) is 29.5 Å². The van der Waals surface area contributed by atoms with Crippen molar-refractivity contribution in [3.05, 3.63) is 65.5 Å². The molecule has 2 aliphatic carbocycles. The van der Waals surface area contributed by atoms with E-state index in [2.05, 4.69) is 19.9 Å². The monoisotopic (exact) mass is 605 g/mol. The smallest absolute Gasteiger partial charge is 0.434 e. The normalized spacial score (nSPS) is 19.1. The van der Waals surface area contributed by atoms with Gasteiger partial charge in [-0.3, -0.25) is 0 Å². The quantitative estimate of drug-likeness (QED) is 0.218. The lowest BCUT2D eigenvalue weighted by atomic mass is 10.0. The van der Waals surface area contributed by atoms with Crippen molar-refractivity contribution in [2.24, 2.45) is 0 Å². The molecule has 0 radical (unpaired) electrons. The maximum Gasteiger partial charge on any atom is 0.434 e. The molecule has 1 saturated heterocycles. The SMILES string of the molecule is COc1ncnc(C2CC2)c1-c1ncc(C2CC2)c(N2CCOCC2c2ccc(-c3nc(C(F)(F)F)cn3C(C)C)cc2)n1. The summed E-state index contributed by atoms with van der Waals surface area (Å²) in [7, 11) is 1.60. The molecule has 3 aliphatic rings. The molecule has 7 rings (SSSR count). The maximum atomic E-state index is 13.5. The molecule has 4 heterocycles. The number of nitrogens with zero attached hydrogens (tertiary/aromatic N) is 7. The lowest BCUT2D eigenvalue weighted by Gasteiger charge is -2.38. The molecule has 12 heteroatoms. The Morgan fingerprint density at radius 1 is 0.977 bits per heavy atom. The Hall–Kier alpha value is -4.06. The summed E-state index contributed by atoms with van der Waals surface area (Å²) in [5.41, 5.74) is 3.48. The van der Waals surface area contributed by atoms with Crippen LogP contribution in [0.3, 0.4) is 0 Å². The van der Waals surface area contributed by atoms with E-state index in [1.165, 1.54) is 6.33 Å². The second-order valence-corrected chi connectivity index (χ2v) is 12.0. The van der Waals surface area contributed by atoms with Gasteiger partial charge in [-0.1, -0.05) is 24.3 Å². The fourth-order valence-electron chi connectivity index (χ4n) is 5.95. The van der Waals surface area contributed by atoms with Crippen LogP contribution in [-0.4, -0.2) is 56.4 Å². The van der Waals surface area contributed by atoms with E-state index in [1.54, 1.807) is 11.7 Å². The molecule has 0 spiro atoms. The van der Waals surface area contributed by atoms with Gasteiger partial charge in [0.15, 0.2) is 11.5 Å². The topological polar surface area (TPSA) is 91.1 Å². The van der Waals surface area contributed by atoms with Crippen molar-refractivity contribution in [2.75, 3.05) is 31.8 Å².